The molecule has 0 bridgehead atoms. The molecule has 0 spiro atoms. The summed E-state index contributed by atoms with van der Waals surface area (Å²) in [6, 6.07) is 6.57. The van der Waals surface area contributed by atoms with Crippen LogP contribution in [0.25, 0.3) is 0 Å². The van der Waals surface area contributed by atoms with Gasteiger partial charge in [-0.15, -0.1) is 0 Å². The van der Waals surface area contributed by atoms with Gasteiger partial charge in [-0.2, -0.15) is 0 Å². The van der Waals surface area contributed by atoms with Gasteiger partial charge in [0.2, 0.25) is 0 Å². The standard InChI is InChI=1S/C16H27N3/c1-3-19(11-15-10-6-7-13(2)18-15)12-16(17)14-8-4-5-9-14/h6-7,10,14,16H,3-5,8-9,11-12,17H2,1-2H3. The third kappa shape index (κ3) is 4.29. The van der Waals surface area contributed by atoms with Gasteiger partial charge < -0.3 is 5.73 Å². The van der Waals surface area contributed by atoms with E-state index in [0.717, 1.165) is 36.9 Å². The lowest BCUT2D eigenvalue weighted by molar-refractivity contribution is 0.230. The Labute approximate surface area is 117 Å². The Morgan fingerprint density at radius 1 is 1.37 bits per heavy atom. The van der Waals surface area contributed by atoms with Crippen molar-refractivity contribution < 1.29 is 0 Å². The van der Waals surface area contributed by atoms with Gasteiger partial charge in [-0.1, -0.05) is 25.8 Å². The van der Waals surface area contributed by atoms with Gasteiger partial charge in [0, 0.05) is 24.8 Å². The molecule has 0 amide bonds. The number of pyridine rings is 1. The Morgan fingerprint density at radius 2 is 2.11 bits per heavy atom. The summed E-state index contributed by atoms with van der Waals surface area (Å²) < 4.78 is 0. The second-order valence-electron chi connectivity index (χ2n) is 5.81. The average molecular weight is 261 g/mol. The van der Waals surface area contributed by atoms with Crippen molar-refractivity contribution in [1.82, 2.24) is 9.88 Å². The fourth-order valence-corrected chi connectivity index (χ4v) is 3.05. The zero-order valence-electron chi connectivity index (χ0n) is 12.3. The monoisotopic (exact) mass is 261 g/mol. The SMILES string of the molecule is CCN(Cc1cccc(C)n1)CC(N)C1CCCC1. The maximum absolute atomic E-state index is 6.38. The van der Waals surface area contributed by atoms with Gasteiger partial charge in [-0.3, -0.25) is 9.88 Å². The summed E-state index contributed by atoms with van der Waals surface area (Å²) in [6.45, 7) is 7.20. The molecule has 1 aromatic rings. The van der Waals surface area contributed by atoms with Gasteiger partial charge in [0.15, 0.2) is 0 Å². The number of hydrogen-bond acceptors (Lipinski definition) is 3. The van der Waals surface area contributed by atoms with Gasteiger partial charge >= 0.3 is 0 Å². The van der Waals surface area contributed by atoms with Crippen molar-refractivity contribution >= 4 is 0 Å². The van der Waals surface area contributed by atoms with E-state index in [0.29, 0.717) is 6.04 Å². The van der Waals surface area contributed by atoms with Crippen LogP contribution >= 0.6 is 0 Å². The molecule has 19 heavy (non-hydrogen) atoms. The Morgan fingerprint density at radius 3 is 2.74 bits per heavy atom. The van der Waals surface area contributed by atoms with Gasteiger partial charge in [0.05, 0.1) is 5.69 Å². The van der Waals surface area contributed by atoms with Crippen LogP contribution in [0.4, 0.5) is 0 Å². The number of nitrogens with two attached hydrogens (primary N) is 1. The van der Waals surface area contributed by atoms with E-state index in [-0.39, 0.29) is 0 Å². The highest BCUT2D eigenvalue weighted by Crippen LogP contribution is 2.27. The van der Waals surface area contributed by atoms with Crippen LogP contribution in [0.5, 0.6) is 0 Å². The van der Waals surface area contributed by atoms with E-state index in [4.69, 9.17) is 5.73 Å². The quantitative estimate of drug-likeness (QED) is 0.856. The van der Waals surface area contributed by atoms with E-state index >= 15 is 0 Å². The van der Waals surface area contributed by atoms with Crippen LogP contribution in [-0.4, -0.2) is 29.0 Å². The number of nitrogens with zero attached hydrogens (tertiary/aromatic N) is 2. The summed E-state index contributed by atoms with van der Waals surface area (Å²) in [5.41, 5.74) is 8.62. The maximum Gasteiger partial charge on any atom is 0.0547 e. The van der Waals surface area contributed by atoms with E-state index in [2.05, 4.69) is 28.9 Å². The summed E-state index contributed by atoms with van der Waals surface area (Å²) >= 11 is 0. The molecule has 1 saturated carbocycles. The Bertz CT molecular complexity index is 385. The molecule has 1 fully saturated rings. The number of likely N-dealkylation sites (N-methyl/N-ethyl adjacent to an activating group) is 1. The predicted octanol–water partition coefficient (Wildman–Crippen LogP) is 2.73. The zero-order chi connectivity index (χ0) is 13.7. The van der Waals surface area contributed by atoms with Crippen molar-refractivity contribution in [3.8, 4) is 0 Å². The molecule has 1 heterocycles. The Hall–Kier alpha value is -0.930. The van der Waals surface area contributed by atoms with E-state index < -0.39 is 0 Å². The molecule has 1 aliphatic carbocycles. The van der Waals surface area contributed by atoms with Gasteiger partial charge in [-0.25, -0.2) is 0 Å². The average Bonchev–Trinajstić information content (AvgIpc) is 2.92. The minimum Gasteiger partial charge on any atom is -0.326 e. The normalized spacial score (nSPS) is 18.1. The lowest BCUT2D eigenvalue weighted by Gasteiger charge is -2.27. The molecule has 106 valence electrons. The second kappa shape index (κ2) is 7.01. The molecule has 3 heteroatoms. The molecule has 2 N–H and O–H groups in total. The fourth-order valence-electron chi connectivity index (χ4n) is 3.05. The lowest BCUT2D eigenvalue weighted by Crippen LogP contribution is -2.41. The fraction of sp³-hybridized carbons (Fsp3) is 0.688. The summed E-state index contributed by atoms with van der Waals surface area (Å²) in [7, 11) is 0. The van der Waals surface area contributed by atoms with Gasteiger partial charge in [0.25, 0.3) is 0 Å². The topological polar surface area (TPSA) is 42.2 Å². The predicted molar refractivity (Wildman–Crippen MR) is 79.9 cm³/mol. The molecule has 0 radical (unpaired) electrons. The largest absolute Gasteiger partial charge is 0.326 e. The van der Waals surface area contributed by atoms with Crippen LogP contribution in [0.1, 0.15) is 44.0 Å². The molecule has 1 aromatic heterocycles. The molecule has 1 aliphatic rings. The van der Waals surface area contributed by atoms with Crippen molar-refractivity contribution in [1.29, 1.82) is 0 Å². The Balaban J connectivity index is 1.89. The van der Waals surface area contributed by atoms with Crippen LogP contribution in [0.15, 0.2) is 18.2 Å². The minimum atomic E-state index is 0.326. The van der Waals surface area contributed by atoms with E-state index in [1.807, 2.05) is 13.0 Å². The number of rotatable bonds is 6. The second-order valence-corrected chi connectivity index (χ2v) is 5.81. The van der Waals surface area contributed by atoms with Crippen molar-refractivity contribution in [2.45, 2.75) is 52.1 Å². The molecular formula is C16H27N3. The van der Waals surface area contributed by atoms with Crippen LogP contribution < -0.4 is 5.73 Å². The van der Waals surface area contributed by atoms with E-state index in [9.17, 15) is 0 Å². The molecular weight excluding hydrogens is 234 g/mol. The maximum atomic E-state index is 6.38. The molecule has 2 rings (SSSR count). The van der Waals surface area contributed by atoms with Crippen LogP contribution in [0.2, 0.25) is 0 Å². The molecule has 0 aliphatic heterocycles. The third-order valence-electron chi connectivity index (χ3n) is 4.25. The van der Waals surface area contributed by atoms with Gasteiger partial charge in [0.1, 0.15) is 0 Å². The number of aromatic nitrogens is 1. The highest BCUT2D eigenvalue weighted by Gasteiger charge is 2.23. The van der Waals surface area contributed by atoms with Crippen molar-refractivity contribution in [3.05, 3.63) is 29.6 Å². The first-order valence-corrected chi connectivity index (χ1v) is 7.59. The molecule has 1 atom stereocenters. The number of aryl methyl sites for hydroxylation is 1. The van der Waals surface area contributed by atoms with Crippen LogP contribution in [-0.2, 0) is 6.54 Å². The number of hydrogen-bond donors (Lipinski definition) is 1. The van der Waals surface area contributed by atoms with Crippen LogP contribution in [0, 0.1) is 12.8 Å². The van der Waals surface area contributed by atoms with Crippen molar-refractivity contribution in [2.24, 2.45) is 11.7 Å². The molecule has 0 aromatic carbocycles. The molecule has 3 nitrogen and oxygen atoms in total. The summed E-state index contributed by atoms with van der Waals surface area (Å²) in [4.78, 5) is 7.00. The summed E-state index contributed by atoms with van der Waals surface area (Å²) in [5.74, 6) is 0.736. The smallest absolute Gasteiger partial charge is 0.0547 e. The minimum absolute atomic E-state index is 0.326. The molecule has 0 saturated heterocycles. The highest BCUT2D eigenvalue weighted by molar-refractivity contribution is 5.09. The third-order valence-corrected chi connectivity index (χ3v) is 4.25. The van der Waals surface area contributed by atoms with E-state index in [1.54, 1.807) is 0 Å². The first-order chi connectivity index (χ1) is 9.19. The summed E-state index contributed by atoms with van der Waals surface area (Å²) in [5, 5.41) is 0. The Kier molecular flexibility index (Phi) is 5.34. The molecule has 1 unspecified atom stereocenters. The lowest BCUT2D eigenvalue weighted by atomic mass is 9.98. The van der Waals surface area contributed by atoms with Crippen molar-refractivity contribution in [2.75, 3.05) is 13.1 Å². The zero-order valence-corrected chi connectivity index (χ0v) is 12.3. The summed E-state index contributed by atoms with van der Waals surface area (Å²) in [6.07, 6.45) is 5.37. The van der Waals surface area contributed by atoms with E-state index in [1.165, 1.54) is 25.7 Å². The first-order valence-electron chi connectivity index (χ1n) is 7.59. The van der Waals surface area contributed by atoms with Crippen LogP contribution in [0.3, 0.4) is 0 Å². The highest BCUT2D eigenvalue weighted by atomic mass is 15.1. The van der Waals surface area contributed by atoms with Crippen molar-refractivity contribution in [3.63, 3.8) is 0 Å². The van der Waals surface area contributed by atoms with Gasteiger partial charge in [-0.05, 0) is 44.4 Å². The first kappa shape index (κ1) is 14.5.